The van der Waals surface area contributed by atoms with E-state index in [4.69, 9.17) is 9.47 Å². The van der Waals surface area contributed by atoms with E-state index in [1.54, 1.807) is 24.3 Å². The van der Waals surface area contributed by atoms with Gasteiger partial charge in [-0.15, -0.1) is 16.8 Å². The van der Waals surface area contributed by atoms with Gasteiger partial charge < -0.3 is 14.8 Å². The summed E-state index contributed by atoms with van der Waals surface area (Å²) < 4.78 is 13.5. The van der Waals surface area contributed by atoms with Gasteiger partial charge in [0, 0.05) is 28.3 Å². The lowest BCUT2D eigenvalue weighted by Gasteiger charge is -2.08. The van der Waals surface area contributed by atoms with Crippen LogP contribution in [0.3, 0.4) is 0 Å². The van der Waals surface area contributed by atoms with Crippen molar-refractivity contribution in [1.29, 1.82) is 0 Å². The highest BCUT2D eigenvalue weighted by Crippen LogP contribution is 2.34. The van der Waals surface area contributed by atoms with E-state index in [-0.39, 0.29) is 18.5 Å². The van der Waals surface area contributed by atoms with Crippen molar-refractivity contribution in [3.05, 3.63) is 59.6 Å². The third kappa shape index (κ3) is 4.46. The number of anilines is 1. The first-order chi connectivity index (χ1) is 14.1. The Hall–Kier alpha value is -2.78. The zero-order valence-corrected chi connectivity index (χ0v) is 17.7. The van der Waals surface area contributed by atoms with Crippen LogP contribution in [0.2, 0.25) is 0 Å². The minimum Gasteiger partial charge on any atom is -0.454 e. The first-order valence-electron chi connectivity index (χ1n) is 8.76. The topological polar surface area (TPSA) is 78.3 Å². The molecule has 0 bridgehead atoms. The van der Waals surface area contributed by atoms with Crippen LogP contribution in [-0.4, -0.2) is 33.2 Å². The molecule has 3 aromatic rings. The van der Waals surface area contributed by atoms with E-state index in [0.29, 0.717) is 28.9 Å². The molecule has 0 fully saturated rings. The van der Waals surface area contributed by atoms with E-state index in [1.165, 1.54) is 11.8 Å². The Kier molecular flexibility index (Phi) is 5.86. The molecule has 4 rings (SSSR count). The predicted molar refractivity (Wildman–Crippen MR) is 115 cm³/mol. The second kappa shape index (κ2) is 8.71. The first kappa shape index (κ1) is 19.5. The molecule has 2 aromatic carbocycles. The number of rotatable bonds is 7. The predicted octanol–water partition coefficient (Wildman–Crippen LogP) is 4.35. The Bertz CT molecular complexity index is 1050. The Morgan fingerprint density at radius 1 is 1.21 bits per heavy atom. The molecule has 29 heavy (non-hydrogen) atoms. The maximum atomic E-state index is 12.4. The molecule has 0 radical (unpaired) electrons. The maximum absolute atomic E-state index is 12.4. The van der Waals surface area contributed by atoms with Crippen LogP contribution in [0.15, 0.2) is 64.7 Å². The number of nitrogens with zero attached hydrogens (tertiary/aromatic N) is 3. The van der Waals surface area contributed by atoms with Gasteiger partial charge >= 0.3 is 0 Å². The van der Waals surface area contributed by atoms with Gasteiger partial charge in [0.1, 0.15) is 0 Å². The Labute approximate surface area is 180 Å². The monoisotopic (exact) mass is 472 g/mol. The summed E-state index contributed by atoms with van der Waals surface area (Å²) in [5, 5.41) is 12.1. The summed E-state index contributed by atoms with van der Waals surface area (Å²) in [5.41, 5.74) is 1.60. The molecule has 1 aromatic heterocycles. The number of benzene rings is 2. The summed E-state index contributed by atoms with van der Waals surface area (Å²) in [7, 11) is 0. The van der Waals surface area contributed by atoms with Crippen LogP contribution < -0.4 is 14.8 Å². The highest BCUT2D eigenvalue weighted by atomic mass is 79.9. The lowest BCUT2D eigenvalue weighted by atomic mass is 10.2. The van der Waals surface area contributed by atoms with Crippen LogP contribution in [0, 0.1) is 0 Å². The second-order valence-electron chi connectivity index (χ2n) is 6.12. The lowest BCUT2D eigenvalue weighted by Crippen LogP contribution is -2.14. The van der Waals surface area contributed by atoms with Crippen molar-refractivity contribution >= 4 is 39.3 Å². The number of carbonyl (C=O) groups is 1. The van der Waals surface area contributed by atoms with E-state index in [1.807, 2.05) is 28.8 Å². The van der Waals surface area contributed by atoms with Crippen LogP contribution in [0.25, 0.3) is 11.4 Å². The normalized spacial score (nSPS) is 12.0. The summed E-state index contributed by atoms with van der Waals surface area (Å²) in [6.07, 6.45) is 1.78. The first-order valence-corrected chi connectivity index (χ1v) is 10.5. The number of fused-ring (bicyclic) bond motifs is 1. The number of hydrogen-bond donors (Lipinski definition) is 1. The lowest BCUT2D eigenvalue weighted by molar-refractivity contribution is -0.113. The van der Waals surface area contributed by atoms with Crippen LogP contribution >= 0.6 is 27.7 Å². The summed E-state index contributed by atoms with van der Waals surface area (Å²) >= 11 is 4.76. The highest BCUT2D eigenvalue weighted by molar-refractivity contribution is 9.10. The standard InChI is InChI=1S/C20H17BrN4O3S/c1-2-9-25-19(13-3-5-14(21)6-4-13)23-24-20(25)29-11-18(26)22-15-7-8-16-17(10-15)28-12-27-16/h2-8,10H,1,9,11-12H2,(H,22,26). The molecule has 1 aliphatic rings. The van der Waals surface area contributed by atoms with E-state index < -0.39 is 0 Å². The van der Waals surface area contributed by atoms with Crippen molar-refractivity contribution in [3.63, 3.8) is 0 Å². The molecule has 9 heteroatoms. The van der Waals surface area contributed by atoms with E-state index in [0.717, 1.165) is 15.9 Å². The van der Waals surface area contributed by atoms with Gasteiger partial charge in [0.05, 0.1) is 5.75 Å². The molecular formula is C20H17BrN4O3S. The van der Waals surface area contributed by atoms with Crippen molar-refractivity contribution in [3.8, 4) is 22.9 Å². The Morgan fingerprint density at radius 2 is 2.00 bits per heavy atom. The number of amides is 1. The quantitative estimate of drug-likeness (QED) is 0.406. The molecule has 0 saturated carbocycles. The average Bonchev–Trinajstić information content (AvgIpc) is 3.34. The van der Waals surface area contributed by atoms with Crippen molar-refractivity contribution in [2.45, 2.75) is 11.7 Å². The molecule has 1 aliphatic heterocycles. The largest absolute Gasteiger partial charge is 0.454 e. The minimum absolute atomic E-state index is 0.146. The molecule has 0 aliphatic carbocycles. The number of halogens is 1. The fraction of sp³-hybridized carbons (Fsp3) is 0.150. The van der Waals surface area contributed by atoms with Gasteiger partial charge in [-0.3, -0.25) is 9.36 Å². The number of allylic oxidation sites excluding steroid dienone is 1. The average molecular weight is 473 g/mol. The van der Waals surface area contributed by atoms with Gasteiger partial charge in [-0.2, -0.15) is 0 Å². The van der Waals surface area contributed by atoms with Crippen molar-refractivity contribution in [2.24, 2.45) is 0 Å². The molecule has 1 N–H and O–H groups in total. The molecule has 148 valence electrons. The van der Waals surface area contributed by atoms with Crippen LogP contribution in [0.4, 0.5) is 5.69 Å². The maximum Gasteiger partial charge on any atom is 0.234 e. The zero-order chi connectivity index (χ0) is 20.2. The van der Waals surface area contributed by atoms with Gasteiger partial charge in [0.15, 0.2) is 22.5 Å². The summed E-state index contributed by atoms with van der Waals surface area (Å²) in [6.45, 7) is 4.55. The van der Waals surface area contributed by atoms with Crippen molar-refractivity contribution < 1.29 is 14.3 Å². The molecule has 1 amide bonds. The number of thioether (sulfide) groups is 1. The van der Waals surface area contributed by atoms with Gasteiger partial charge in [0.25, 0.3) is 0 Å². The fourth-order valence-corrected chi connectivity index (χ4v) is 3.82. The number of ether oxygens (including phenoxy) is 2. The zero-order valence-electron chi connectivity index (χ0n) is 15.3. The summed E-state index contributed by atoms with van der Waals surface area (Å²) in [5.74, 6) is 2.09. The molecular weight excluding hydrogens is 456 g/mol. The van der Waals surface area contributed by atoms with Crippen LogP contribution in [0.5, 0.6) is 11.5 Å². The molecule has 0 unspecified atom stereocenters. The third-order valence-corrected chi connectivity index (χ3v) is 5.62. The summed E-state index contributed by atoms with van der Waals surface area (Å²) in [4.78, 5) is 12.4. The third-order valence-electron chi connectivity index (χ3n) is 4.12. The van der Waals surface area contributed by atoms with Gasteiger partial charge in [0.2, 0.25) is 12.7 Å². The Balaban J connectivity index is 1.44. The van der Waals surface area contributed by atoms with Crippen LogP contribution in [0.1, 0.15) is 0 Å². The van der Waals surface area contributed by atoms with Crippen molar-refractivity contribution in [2.75, 3.05) is 17.9 Å². The van der Waals surface area contributed by atoms with Crippen molar-refractivity contribution in [1.82, 2.24) is 14.8 Å². The molecule has 0 saturated heterocycles. The van der Waals surface area contributed by atoms with Gasteiger partial charge in [-0.25, -0.2) is 0 Å². The number of hydrogen-bond acceptors (Lipinski definition) is 6. The van der Waals surface area contributed by atoms with E-state index >= 15 is 0 Å². The fourth-order valence-electron chi connectivity index (χ4n) is 2.80. The number of nitrogens with one attached hydrogen (secondary N) is 1. The van der Waals surface area contributed by atoms with Crippen LogP contribution in [-0.2, 0) is 11.3 Å². The summed E-state index contributed by atoms with van der Waals surface area (Å²) in [6, 6.07) is 13.1. The molecule has 0 spiro atoms. The van der Waals surface area contributed by atoms with E-state index in [9.17, 15) is 4.79 Å². The minimum atomic E-state index is -0.146. The number of carbonyl (C=O) groups excluding carboxylic acids is 1. The second-order valence-corrected chi connectivity index (χ2v) is 7.98. The molecule has 0 atom stereocenters. The number of aromatic nitrogens is 3. The SMILES string of the molecule is C=CCn1c(SCC(=O)Nc2ccc3c(c2)OCO3)nnc1-c1ccc(Br)cc1. The van der Waals surface area contributed by atoms with E-state index in [2.05, 4.69) is 38.0 Å². The molecule has 7 nitrogen and oxygen atoms in total. The van der Waals surface area contributed by atoms with Gasteiger partial charge in [-0.1, -0.05) is 45.9 Å². The van der Waals surface area contributed by atoms with Gasteiger partial charge in [-0.05, 0) is 24.3 Å². The Morgan fingerprint density at radius 3 is 2.79 bits per heavy atom. The highest BCUT2D eigenvalue weighted by Gasteiger charge is 2.17. The smallest absolute Gasteiger partial charge is 0.234 e. The molecule has 2 heterocycles.